The molecule has 0 aliphatic rings. The quantitative estimate of drug-likeness (QED) is 0.398. The van der Waals surface area contributed by atoms with Crippen LogP contribution in [0.1, 0.15) is 13.3 Å². The highest BCUT2D eigenvalue weighted by atomic mass is 79.9. The molecule has 52 valence electrons. The van der Waals surface area contributed by atoms with Crippen LogP contribution >= 0.6 is 15.9 Å². The fraction of sp³-hybridized carbons (Fsp3) is 0.600. The predicted molar refractivity (Wildman–Crippen MR) is 42.4 cm³/mol. The third kappa shape index (κ3) is 3.24. The van der Waals surface area contributed by atoms with Crippen molar-refractivity contribution >= 4 is 27.0 Å². The first-order valence-corrected chi connectivity index (χ1v) is 3.53. The molecule has 0 fully saturated rings. The number of nitrogens with zero attached hydrogens (tertiary/aromatic N) is 1. The minimum absolute atomic E-state index is 0.249. The Balaban J connectivity index is 3.68. The molecule has 0 bridgehead atoms. The molecule has 2 N–H and O–H groups in total. The molecule has 0 heterocycles. The fourth-order valence-electron chi connectivity index (χ4n) is 0.460. The SMILES string of the molecule is CCCN(C=N)C(=N)Br. The first kappa shape index (κ1) is 8.62. The average Bonchev–Trinajstić information content (AvgIpc) is 1.82. The lowest BCUT2D eigenvalue weighted by atomic mass is 10.5. The van der Waals surface area contributed by atoms with Gasteiger partial charge in [-0.15, -0.1) is 0 Å². The van der Waals surface area contributed by atoms with E-state index in [2.05, 4.69) is 15.9 Å². The predicted octanol–water partition coefficient (Wildman–Crippen LogP) is 1.64. The molecule has 9 heavy (non-hydrogen) atoms. The Morgan fingerprint density at radius 1 is 1.78 bits per heavy atom. The topological polar surface area (TPSA) is 50.9 Å². The summed E-state index contributed by atoms with van der Waals surface area (Å²) in [6, 6.07) is 0. The smallest absolute Gasteiger partial charge is 0.170 e. The second kappa shape index (κ2) is 4.49. The van der Waals surface area contributed by atoms with Crippen molar-refractivity contribution in [3.8, 4) is 0 Å². The van der Waals surface area contributed by atoms with Gasteiger partial charge in [0, 0.05) is 6.54 Å². The third-order valence-corrected chi connectivity index (χ3v) is 1.33. The van der Waals surface area contributed by atoms with Crippen molar-refractivity contribution < 1.29 is 0 Å². The van der Waals surface area contributed by atoms with Crippen LogP contribution in [0.5, 0.6) is 0 Å². The fourth-order valence-corrected chi connectivity index (χ4v) is 0.740. The molecule has 3 nitrogen and oxygen atoms in total. The van der Waals surface area contributed by atoms with Gasteiger partial charge in [-0.05, 0) is 22.4 Å². The van der Waals surface area contributed by atoms with Crippen LogP contribution in [0.15, 0.2) is 0 Å². The van der Waals surface area contributed by atoms with E-state index in [1.165, 1.54) is 4.90 Å². The summed E-state index contributed by atoms with van der Waals surface area (Å²) in [6.45, 7) is 2.74. The average molecular weight is 192 g/mol. The first-order valence-electron chi connectivity index (χ1n) is 2.73. The van der Waals surface area contributed by atoms with Gasteiger partial charge in [0.2, 0.25) is 0 Å². The molecule has 0 aromatic carbocycles. The highest BCUT2D eigenvalue weighted by Crippen LogP contribution is 1.94. The highest BCUT2D eigenvalue weighted by molar-refractivity contribution is 9.18. The van der Waals surface area contributed by atoms with Crippen molar-refractivity contribution in [2.45, 2.75) is 13.3 Å². The zero-order chi connectivity index (χ0) is 7.28. The Bertz CT molecular complexity index is 113. The summed E-state index contributed by atoms with van der Waals surface area (Å²) in [5.74, 6) is 0. The number of amidine groups is 1. The monoisotopic (exact) mass is 191 g/mol. The van der Waals surface area contributed by atoms with E-state index in [1.54, 1.807) is 0 Å². The number of rotatable bonds is 3. The van der Waals surface area contributed by atoms with Gasteiger partial charge < -0.3 is 4.90 Å². The summed E-state index contributed by atoms with van der Waals surface area (Å²) >= 11 is 2.96. The van der Waals surface area contributed by atoms with Crippen molar-refractivity contribution in [2.75, 3.05) is 6.54 Å². The molecule has 0 spiro atoms. The number of nitrogens with one attached hydrogen (secondary N) is 2. The van der Waals surface area contributed by atoms with Crippen molar-refractivity contribution in [3.05, 3.63) is 0 Å². The molecule has 0 aromatic rings. The molecule has 0 aliphatic carbocycles. The largest absolute Gasteiger partial charge is 0.312 e. The molecule has 0 radical (unpaired) electrons. The van der Waals surface area contributed by atoms with E-state index in [9.17, 15) is 0 Å². The molecule has 0 aromatic heterocycles. The molecule has 4 heteroatoms. The molecule has 0 atom stereocenters. The lowest BCUT2D eigenvalue weighted by Crippen LogP contribution is -2.24. The molecule has 0 amide bonds. The molecule has 0 rings (SSSR count). The minimum atomic E-state index is 0.249. The molecule has 0 unspecified atom stereocenters. The Kier molecular flexibility index (Phi) is 4.30. The van der Waals surface area contributed by atoms with E-state index >= 15 is 0 Å². The van der Waals surface area contributed by atoms with E-state index in [4.69, 9.17) is 10.8 Å². The van der Waals surface area contributed by atoms with Gasteiger partial charge in [-0.3, -0.25) is 10.8 Å². The summed E-state index contributed by atoms with van der Waals surface area (Å²) < 4.78 is 0.249. The van der Waals surface area contributed by atoms with Gasteiger partial charge in [0.1, 0.15) is 0 Å². The van der Waals surface area contributed by atoms with E-state index in [0.717, 1.165) is 19.3 Å². The Morgan fingerprint density at radius 2 is 2.33 bits per heavy atom. The van der Waals surface area contributed by atoms with E-state index in [-0.39, 0.29) is 4.74 Å². The number of halogens is 1. The molecule has 0 aliphatic heterocycles. The first-order chi connectivity index (χ1) is 4.22. The zero-order valence-corrected chi connectivity index (χ0v) is 6.90. The summed E-state index contributed by atoms with van der Waals surface area (Å²) in [7, 11) is 0. The maximum Gasteiger partial charge on any atom is 0.170 e. The molecule has 0 saturated carbocycles. The Hall–Kier alpha value is -0.380. The van der Waals surface area contributed by atoms with E-state index < -0.39 is 0 Å². The van der Waals surface area contributed by atoms with Gasteiger partial charge in [0.05, 0.1) is 6.34 Å². The van der Waals surface area contributed by atoms with Crippen molar-refractivity contribution in [2.24, 2.45) is 0 Å². The van der Waals surface area contributed by atoms with E-state index in [1.807, 2.05) is 6.92 Å². The standard InChI is InChI=1S/C5H10BrN3/c1-2-3-9(4-7)5(6)8/h4,7-8H,2-3H2,1H3. The van der Waals surface area contributed by atoms with Gasteiger partial charge in [-0.1, -0.05) is 6.92 Å². The Labute approximate surface area is 63.2 Å². The summed E-state index contributed by atoms with van der Waals surface area (Å²) in [5.41, 5.74) is 0. The molecule has 0 saturated heterocycles. The van der Waals surface area contributed by atoms with Crippen molar-refractivity contribution in [3.63, 3.8) is 0 Å². The summed E-state index contributed by atoms with van der Waals surface area (Å²) in [6.07, 6.45) is 2.09. The lowest BCUT2D eigenvalue weighted by Gasteiger charge is -2.12. The van der Waals surface area contributed by atoms with Crippen LogP contribution in [-0.4, -0.2) is 22.5 Å². The summed E-state index contributed by atoms with van der Waals surface area (Å²) in [5, 5.41) is 13.9. The van der Waals surface area contributed by atoms with Gasteiger partial charge in [-0.25, -0.2) is 0 Å². The summed E-state index contributed by atoms with van der Waals surface area (Å²) in [4.78, 5) is 1.51. The second-order valence-corrected chi connectivity index (χ2v) is 2.36. The highest BCUT2D eigenvalue weighted by Gasteiger charge is 1.98. The van der Waals surface area contributed by atoms with Gasteiger partial charge in [0.25, 0.3) is 0 Å². The van der Waals surface area contributed by atoms with Gasteiger partial charge >= 0.3 is 0 Å². The van der Waals surface area contributed by atoms with Crippen molar-refractivity contribution in [1.82, 2.24) is 4.90 Å². The maximum absolute atomic E-state index is 7.05. The van der Waals surface area contributed by atoms with Crippen LogP contribution < -0.4 is 0 Å². The van der Waals surface area contributed by atoms with Crippen LogP contribution in [0, 0.1) is 10.8 Å². The number of hydrogen-bond donors (Lipinski definition) is 2. The normalized spacial score (nSPS) is 8.67. The maximum atomic E-state index is 7.05. The third-order valence-electron chi connectivity index (χ3n) is 0.873. The van der Waals surface area contributed by atoms with Gasteiger partial charge in [0.15, 0.2) is 4.74 Å². The van der Waals surface area contributed by atoms with Gasteiger partial charge in [-0.2, -0.15) is 0 Å². The van der Waals surface area contributed by atoms with Crippen LogP contribution in [0.2, 0.25) is 0 Å². The number of hydrogen-bond acceptors (Lipinski definition) is 2. The van der Waals surface area contributed by atoms with E-state index in [0.29, 0.717) is 0 Å². The van der Waals surface area contributed by atoms with Crippen LogP contribution in [0.4, 0.5) is 0 Å². The second-order valence-electron chi connectivity index (χ2n) is 1.61. The minimum Gasteiger partial charge on any atom is -0.312 e. The van der Waals surface area contributed by atoms with Crippen molar-refractivity contribution in [1.29, 1.82) is 10.8 Å². The molecular formula is C5H10BrN3. The molecular weight excluding hydrogens is 182 g/mol. The Morgan fingerprint density at radius 3 is 2.44 bits per heavy atom. The van der Waals surface area contributed by atoms with Crippen LogP contribution in [0.25, 0.3) is 0 Å². The lowest BCUT2D eigenvalue weighted by molar-refractivity contribution is 0.614. The van der Waals surface area contributed by atoms with Crippen LogP contribution in [-0.2, 0) is 0 Å². The van der Waals surface area contributed by atoms with Crippen LogP contribution in [0.3, 0.4) is 0 Å². The zero-order valence-electron chi connectivity index (χ0n) is 5.32.